The molecule has 1 atom stereocenters. The van der Waals surface area contributed by atoms with Crippen LogP contribution in [0.4, 0.5) is 0 Å². The SMILES string of the molecule is CCC(N)C(=O)NC1(C)CCC1. The minimum atomic E-state index is -0.331. The Morgan fingerprint density at radius 2 is 2.25 bits per heavy atom. The van der Waals surface area contributed by atoms with E-state index in [0.717, 1.165) is 12.8 Å². The number of carbonyl (C=O) groups is 1. The zero-order valence-electron chi connectivity index (χ0n) is 7.89. The summed E-state index contributed by atoms with van der Waals surface area (Å²) < 4.78 is 0. The first-order valence-electron chi connectivity index (χ1n) is 4.65. The van der Waals surface area contributed by atoms with Gasteiger partial charge >= 0.3 is 0 Å². The third kappa shape index (κ3) is 1.97. The van der Waals surface area contributed by atoms with Crippen molar-refractivity contribution in [2.75, 3.05) is 0 Å². The molecule has 0 saturated heterocycles. The molecule has 1 aliphatic rings. The van der Waals surface area contributed by atoms with E-state index >= 15 is 0 Å². The van der Waals surface area contributed by atoms with Crippen LogP contribution in [0.3, 0.4) is 0 Å². The Balaban J connectivity index is 2.35. The normalized spacial score (nSPS) is 22.6. The van der Waals surface area contributed by atoms with Gasteiger partial charge in [-0.05, 0) is 32.6 Å². The molecule has 0 spiro atoms. The van der Waals surface area contributed by atoms with Gasteiger partial charge in [-0.25, -0.2) is 0 Å². The fourth-order valence-electron chi connectivity index (χ4n) is 1.41. The maximum atomic E-state index is 11.3. The third-order valence-electron chi connectivity index (χ3n) is 2.66. The highest BCUT2D eigenvalue weighted by molar-refractivity contribution is 5.82. The molecular formula is C9H18N2O. The lowest BCUT2D eigenvalue weighted by Gasteiger charge is -2.39. The van der Waals surface area contributed by atoms with E-state index in [-0.39, 0.29) is 17.5 Å². The van der Waals surface area contributed by atoms with Gasteiger partial charge in [0.1, 0.15) is 0 Å². The van der Waals surface area contributed by atoms with E-state index in [1.807, 2.05) is 6.92 Å². The second-order valence-corrected chi connectivity index (χ2v) is 3.92. The standard InChI is InChI=1S/C9H18N2O/c1-3-7(10)8(12)11-9(2)5-4-6-9/h7H,3-6,10H2,1-2H3,(H,11,12). The fraction of sp³-hybridized carbons (Fsp3) is 0.889. The van der Waals surface area contributed by atoms with Crippen molar-refractivity contribution in [3.8, 4) is 0 Å². The molecule has 1 aliphatic carbocycles. The minimum absolute atomic E-state index is 0.000278. The van der Waals surface area contributed by atoms with Gasteiger partial charge in [0.25, 0.3) is 0 Å². The smallest absolute Gasteiger partial charge is 0.237 e. The van der Waals surface area contributed by atoms with E-state index in [2.05, 4.69) is 12.2 Å². The van der Waals surface area contributed by atoms with Crippen LogP contribution in [0.15, 0.2) is 0 Å². The summed E-state index contributed by atoms with van der Waals surface area (Å²) in [6, 6.07) is -0.331. The van der Waals surface area contributed by atoms with Gasteiger partial charge in [-0.15, -0.1) is 0 Å². The van der Waals surface area contributed by atoms with E-state index in [4.69, 9.17) is 5.73 Å². The molecule has 0 aromatic heterocycles. The van der Waals surface area contributed by atoms with Crippen molar-refractivity contribution in [2.24, 2.45) is 5.73 Å². The second kappa shape index (κ2) is 3.44. The Bertz CT molecular complexity index is 175. The Morgan fingerprint density at radius 1 is 1.67 bits per heavy atom. The number of hydrogen-bond donors (Lipinski definition) is 2. The second-order valence-electron chi connectivity index (χ2n) is 3.92. The number of nitrogens with one attached hydrogen (secondary N) is 1. The molecule has 0 aromatic carbocycles. The molecule has 3 nitrogen and oxygen atoms in total. The van der Waals surface area contributed by atoms with Crippen LogP contribution in [-0.4, -0.2) is 17.5 Å². The summed E-state index contributed by atoms with van der Waals surface area (Å²) >= 11 is 0. The van der Waals surface area contributed by atoms with Crippen molar-refractivity contribution in [2.45, 2.75) is 51.1 Å². The van der Waals surface area contributed by atoms with E-state index < -0.39 is 0 Å². The lowest BCUT2D eigenvalue weighted by Crippen LogP contribution is -2.55. The molecule has 1 unspecified atom stereocenters. The molecule has 1 amide bonds. The molecule has 3 heteroatoms. The summed E-state index contributed by atoms with van der Waals surface area (Å²) in [5.41, 5.74) is 5.64. The molecule has 0 heterocycles. The van der Waals surface area contributed by atoms with Crippen LogP contribution in [0.5, 0.6) is 0 Å². The van der Waals surface area contributed by atoms with Gasteiger partial charge in [0.05, 0.1) is 6.04 Å². The van der Waals surface area contributed by atoms with Crippen molar-refractivity contribution in [3.63, 3.8) is 0 Å². The first kappa shape index (κ1) is 9.52. The van der Waals surface area contributed by atoms with Gasteiger partial charge in [-0.2, -0.15) is 0 Å². The van der Waals surface area contributed by atoms with Crippen molar-refractivity contribution in [1.29, 1.82) is 0 Å². The molecule has 0 radical (unpaired) electrons. The first-order chi connectivity index (χ1) is 5.57. The highest BCUT2D eigenvalue weighted by atomic mass is 16.2. The monoisotopic (exact) mass is 170 g/mol. The molecule has 0 aromatic rings. The van der Waals surface area contributed by atoms with Crippen molar-refractivity contribution in [3.05, 3.63) is 0 Å². The molecule has 70 valence electrons. The lowest BCUT2D eigenvalue weighted by atomic mass is 9.78. The largest absolute Gasteiger partial charge is 0.350 e. The molecule has 3 N–H and O–H groups in total. The minimum Gasteiger partial charge on any atom is -0.350 e. The summed E-state index contributed by atoms with van der Waals surface area (Å²) in [6.07, 6.45) is 4.12. The molecule has 1 rings (SSSR count). The van der Waals surface area contributed by atoms with Gasteiger partial charge in [0.2, 0.25) is 5.91 Å². The predicted molar refractivity (Wildman–Crippen MR) is 48.7 cm³/mol. The number of amides is 1. The van der Waals surface area contributed by atoms with Crippen LogP contribution in [0.2, 0.25) is 0 Å². The van der Waals surface area contributed by atoms with Crippen molar-refractivity contribution < 1.29 is 4.79 Å². The van der Waals surface area contributed by atoms with Gasteiger partial charge in [0, 0.05) is 5.54 Å². The molecule has 1 saturated carbocycles. The van der Waals surface area contributed by atoms with E-state index in [1.54, 1.807) is 0 Å². The quantitative estimate of drug-likeness (QED) is 0.657. The summed E-state index contributed by atoms with van der Waals surface area (Å²) in [4.78, 5) is 11.3. The topological polar surface area (TPSA) is 55.1 Å². The average molecular weight is 170 g/mol. The van der Waals surface area contributed by atoms with Crippen LogP contribution >= 0.6 is 0 Å². The molecule has 0 aliphatic heterocycles. The number of rotatable bonds is 3. The highest BCUT2D eigenvalue weighted by Crippen LogP contribution is 2.30. The summed E-state index contributed by atoms with van der Waals surface area (Å²) in [6.45, 7) is 4.00. The number of carbonyl (C=O) groups excluding carboxylic acids is 1. The Morgan fingerprint density at radius 3 is 2.58 bits per heavy atom. The van der Waals surface area contributed by atoms with Crippen LogP contribution in [0, 0.1) is 0 Å². The van der Waals surface area contributed by atoms with Crippen LogP contribution in [0.25, 0.3) is 0 Å². The van der Waals surface area contributed by atoms with Gasteiger partial charge in [-0.3, -0.25) is 4.79 Å². The fourth-order valence-corrected chi connectivity index (χ4v) is 1.41. The van der Waals surface area contributed by atoms with Crippen molar-refractivity contribution in [1.82, 2.24) is 5.32 Å². The third-order valence-corrected chi connectivity index (χ3v) is 2.66. The molecular weight excluding hydrogens is 152 g/mol. The predicted octanol–water partition coefficient (Wildman–Crippen LogP) is 0.782. The maximum Gasteiger partial charge on any atom is 0.237 e. The highest BCUT2D eigenvalue weighted by Gasteiger charge is 2.33. The molecule has 0 bridgehead atoms. The van der Waals surface area contributed by atoms with Gasteiger partial charge < -0.3 is 11.1 Å². The van der Waals surface area contributed by atoms with Crippen molar-refractivity contribution >= 4 is 5.91 Å². The van der Waals surface area contributed by atoms with Crippen LogP contribution < -0.4 is 11.1 Å². The Hall–Kier alpha value is -0.570. The summed E-state index contributed by atoms with van der Waals surface area (Å²) in [5, 5.41) is 2.98. The van der Waals surface area contributed by atoms with Crippen LogP contribution in [-0.2, 0) is 4.79 Å². The van der Waals surface area contributed by atoms with E-state index in [9.17, 15) is 4.79 Å². The Kier molecular flexibility index (Phi) is 2.73. The average Bonchev–Trinajstić information content (AvgIpc) is 2.00. The molecule has 1 fully saturated rings. The maximum absolute atomic E-state index is 11.3. The number of nitrogens with two attached hydrogens (primary N) is 1. The zero-order valence-corrected chi connectivity index (χ0v) is 7.89. The summed E-state index contributed by atoms with van der Waals surface area (Å²) in [5.74, 6) is -0.000278. The summed E-state index contributed by atoms with van der Waals surface area (Å²) in [7, 11) is 0. The van der Waals surface area contributed by atoms with Gasteiger partial charge in [-0.1, -0.05) is 6.92 Å². The van der Waals surface area contributed by atoms with E-state index in [0.29, 0.717) is 6.42 Å². The first-order valence-corrected chi connectivity index (χ1v) is 4.65. The van der Waals surface area contributed by atoms with Gasteiger partial charge in [0.15, 0.2) is 0 Å². The Labute approximate surface area is 73.7 Å². The molecule has 12 heavy (non-hydrogen) atoms. The van der Waals surface area contributed by atoms with Crippen LogP contribution in [0.1, 0.15) is 39.5 Å². The lowest BCUT2D eigenvalue weighted by molar-refractivity contribution is -0.125. The van der Waals surface area contributed by atoms with E-state index in [1.165, 1.54) is 6.42 Å². The zero-order chi connectivity index (χ0) is 9.19. The number of hydrogen-bond acceptors (Lipinski definition) is 2.